The molecule has 0 aromatic carbocycles. The van der Waals surface area contributed by atoms with Crippen LogP contribution < -0.4 is 21.5 Å². The number of pyridine rings is 1. The molecule has 1 saturated carbocycles. The van der Waals surface area contributed by atoms with Crippen LogP contribution in [0.25, 0.3) is 11.2 Å². The Labute approximate surface area is 207 Å². The Bertz CT molecular complexity index is 1660. The zero-order valence-electron chi connectivity index (χ0n) is 19.9. The molecule has 0 bridgehead atoms. The predicted molar refractivity (Wildman–Crippen MR) is 127 cm³/mol. The zero-order valence-corrected chi connectivity index (χ0v) is 19.9. The number of carbonyl (C=O) groups excluding carboxylic acids is 1. The van der Waals surface area contributed by atoms with Gasteiger partial charge in [-0.25, -0.2) is 23.5 Å². The van der Waals surface area contributed by atoms with Crippen molar-refractivity contribution in [2.24, 2.45) is 18.9 Å². The number of hydrogen-bond donors (Lipinski definition) is 1. The number of halogens is 2. The monoisotopic (exact) mass is 512 g/mol. The van der Waals surface area contributed by atoms with Gasteiger partial charge in [0.05, 0.1) is 24.7 Å². The molecule has 0 radical (unpaired) electrons. The summed E-state index contributed by atoms with van der Waals surface area (Å²) in [5.74, 6) is -3.05. The van der Waals surface area contributed by atoms with E-state index in [0.717, 1.165) is 4.57 Å². The van der Waals surface area contributed by atoms with Crippen molar-refractivity contribution in [1.82, 2.24) is 28.8 Å². The highest BCUT2D eigenvalue weighted by Gasteiger charge is 2.71. The number of anilines is 2. The third-order valence-electron chi connectivity index (χ3n) is 6.94. The van der Waals surface area contributed by atoms with E-state index >= 15 is 0 Å². The van der Waals surface area contributed by atoms with Crippen molar-refractivity contribution in [1.29, 1.82) is 0 Å². The SMILES string of the molecule is Cc1cc(Cn2c(=O)c3c(ncn3CC(=O)Nc3cccc(N4CC5C(C4)C5(F)F)n3)n(C)c2=O)no1. The van der Waals surface area contributed by atoms with Gasteiger partial charge in [-0.1, -0.05) is 11.2 Å². The van der Waals surface area contributed by atoms with E-state index in [1.807, 2.05) is 0 Å². The normalized spacial score (nSPS) is 19.8. The van der Waals surface area contributed by atoms with Crippen LogP contribution in [0.2, 0.25) is 0 Å². The van der Waals surface area contributed by atoms with Gasteiger partial charge >= 0.3 is 5.69 Å². The van der Waals surface area contributed by atoms with Gasteiger partial charge in [-0.2, -0.15) is 0 Å². The molecule has 12 nitrogen and oxygen atoms in total. The second kappa shape index (κ2) is 8.08. The number of rotatable bonds is 6. The molecule has 1 aliphatic carbocycles. The molecular weight excluding hydrogens is 490 g/mol. The molecule has 1 N–H and O–H groups in total. The maximum absolute atomic E-state index is 13.5. The standard InChI is InChI=1S/C23H22F2N8O4/c1-12-6-13(29-37-12)7-33-21(35)19-20(30(2)22(33)36)26-11-32(19)10-18(34)28-16-4-3-5-17(27-16)31-8-14-15(9-31)23(14,24)25/h3-6,11,14-15H,7-10H2,1-2H3,(H,27,28,34). The summed E-state index contributed by atoms with van der Waals surface area (Å²) in [6.07, 6.45) is 1.32. The maximum Gasteiger partial charge on any atom is 0.332 e. The van der Waals surface area contributed by atoms with Crippen LogP contribution in [0.1, 0.15) is 11.5 Å². The molecule has 4 aromatic rings. The summed E-state index contributed by atoms with van der Waals surface area (Å²) in [4.78, 5) is 49.2. The minimum absolute atomic E-state index is 0.0800. The number of fused-ring (bicyclic) bond motifs is 2. The Hall–Kier alpha value is -4.36. The van der Waals surface area contributed by atoms with Crippen LogP contribution in [0.3, 0.4) is 0 Å². The zero-order chi connectivity index (χ0) is 26.1. The third-order valence-corrected chi connectivity index (χ3v) is 6.94. The average Bonchev–Trinajstić information content (AvgIpc) is 3.40. The first kappa shape index (κ1) is 23.1. The van der Waals surface area contributed by atoms with Crippen LogP contribution in [0.15, 0.2) is 44.7 Å². The molecule has 14 heteroatoms. The first-order valence-electron chi connectivity index (χ1n) is 11.6. The molecule has 4 aromatic heterocycles. The van der Waals surface area contributed by atoms with Gasteiger partial charge in [0.25, 0.3) is 11.5 Å². The van der Waals surface area contributed by atoms with Crippen LogP contribution >= 0.6 is 0 Å². The fraction of sp³-hybridized carbons (Fsp3) is 0.391. The topological polar surface area (TPSA) is 133 Å². The minimum atomic E-state index is -2.59. The van der Waals surface area contributed by atoms with E-state index in [9.17, 15) is 23.2 Å². The van der Waals surface area contributed by atoms with Gasteiger partial charge in [-0.15, -0.1) is 0 Å². The van der Waals surface area contributed by atoms with Crippen molar-refractivity contribution in [3.05, 3.63) is 62.9 Å². The summed E-state index contributed by atoms with van der Waals surface area (Å²) in [5.41, 5.74) is -0.569. The highest BCUT2D eigenvalue weighted by atomic mass is 19.3. The number of piperidine rings is 1. The Kier molecular flexibility index (Phi) is 5.04. The molecular formula is C23H22F2N8O4. The number of imidazole rings is 1. The van der Waals surface area contributed by atoms with Crippen molar-refractivity contribution >= 4 is 28.7 Å². The van der Waals surface area contributed by atoms with Gasteiger partial charge in [0.15, 0.2) is 11.2 Å². The van der Waals surface area contributed by atoms with Gasteiger partial charge in [-0.05, 0) is 19.1 Å². The summed E-state index contributed by atoms with van der Waals surface area (Å²) in [6.45, 7) is 1.78. The second-order valence-electron chi connectivity index (χ2n) is 9.43. The lowest BCUT2D eigenvalue weighted by Gasteiger charge is -2.21. The Morgan fingerprint density at radius 3 is 2.70 bits per heavy atom. The van der Waals surface area contributed by atoms with E-state index in [1.165, 1.54) is 22.5 Å². The maximum atomic E-state index is 13.5. The average molecular weight is 512 g/mol. The van der Waals surface area contributed by atoms with E-state index in [-0.39, 0.29) is 43.2 Å². The lowest BCUT2D eigenvalue weighted by Crippen LogP contribution is -2.40. The van der Waals surface area contributed by atoms with Crippen molar-refractivity contribution < 1.29 is 18.1 Å². The summed E-state index contributed by atoms with van der Waals surface area (Å²) in [7, 11) is 1.49. The van der Waals surface area contributed by atoms with Crippen molar-refractivity contribution in [3.8, 4) is 0 Å². The van der Waals surface area contributed by atoms with E-state index in [2.05, 4.69) is 20.4 Å². The molecule has 2 unspecified atom stereocenters. The molecule has 1 aliphatic heterocycles. The number of aromatic nitrogens is 6. The highest BCUT2D eigenvalue weighted by molar-refractivity contribution is 5.90. The number of amides is 1. The van der Waals surface area contributed by atoms with Gasteiger partial charge in [-0.3, -0.25) is 18.7 Å². The highest BCUT2D eigenvalue weighted by Crippen LogP contribution is 2.59. The Balaban J connectivity index is 1.22. The van der Waals surface area contributed by atoms with E-state index in [4.69, 9.17) is 4.52 Å². The smallest absolute Gasteiger partial charge is 0.332 e. The van der Waals surface area contributed by atoms with Crippen molar-refractivity contribution in [3.63, 3.8) is 0 Å². The Morgan fingerprint density at radius 2 is 2.00 bits per heavy atom. The lowest BCUT2D eigenvalue weighted by atomic mass is 10.3. The third kappa shape index (κ3) is 3.79. The van der Waals surface area contributed by atoms with Gasteiger partial charge in [0, 0.05) is 26.2 Å². The first-order valence-corrected chi connectivity index (χ1v) is 11.6. The number of carbonyl (C=O) groups is 1. The molecule has 192 valence electrons. The van der Waals surface area contributed by atoms with Crippen LogP contribution in [0.5, 0.6) is 0 Å². The van der Waals surface area contributed by atoms with Gasteiger partial charge in [0.2, 0.25) is 5.91 Å². The van der Waals surface area contributed by atoms with Crippen LogP contribution in [0.4, 0.5) is 20.4 Å². The number of hydrogen-bond acceptors (Lipinski definition) is 8. The molecule has 37 heavy (non-hydrogen) atoms. The molecule has 2 fully saturated rings. The van der Waals surface area contributed by atoms with Crippen LogP contribution in [-0.4, -0.2) is 53.7 Å². The van der Waals surface area contributed by atoms with Crippen molar-refractivity contribution in [2.75, 3.05) is 23.3 Å². The summed E-state index contributed by atoms with van der Waals surface area (Å²) >= 11 is 0. The molecule has 0 spiro atoms. The molecule has 5 heterocycles. The summed E-state index contributed by atoms with van der Waals surface area (Å²) in [5, 5.41) is 6.52. The van der Waals surface area contributed by atoms with Crippen molar-refractivity contribution in [2.45, 2.75) is 25.9 Å². The number of alkyl halides is 2. The molecule has 1 amide bonds. The number of aryl methyl sites for hydroxylation is 2. The largest absolute Gasteiger partial charge is 0.361 e. The second-order valence-corrected chi connectivity index (χ2v) is 9.43. The summed E-state index contributed by atoms with van der Waals surface area (Å²) in [6, 6.07) is 6.61. The number of nitrogens with one attached hydrogen (secondary N) is 1. The predicted octanol–water partition coefficient (Wildman–Crippen LogP) is 0.976. The van der Waals surface area contributed by atoms with E-state index < -0.39 is 34.9 Å². The minimum Gasteiger partial charge on any atom is -0.361 e. The van der Waals surface area contributed by atoms with Gasteiger partial charge in [0.1, 0.15) is 29.6 Å². The first-order chi connectivity index (χ1) is 17.6. The molecule has 2 aliphatic rings. The Morgan fingerprint density at radius 1 is 1.24 bits per heavy atom. The lowest BCUT2D eigenvalue weighted by molar-refractivity contribution is -0.116. The molecule has 1 saturated heterocycles. The van der Waals surface area contributed by atoms with Gasteiger partial charge < -0.3 is 19.3 Å². The molecule has 2 atom stereocenters. The number of nitrogens with zero attached hydrogens (tertiary/aromatic N) is 7. The van der Waals surface area contributed by atoms with E-state index in [0.29, 0.717) is 17.3 Å². The quantitative estimate of drug-likeness (QED) is 0.404. The summed E-state index contributed by atoms with van der Waals surface area (Å²) < 4.78 is 35.7. The van der Waals surface area contributed by atoms with Crippen LogP contribution in [0, 0.1) is 18.8 Å². The fourth-order valence-electron chi connectivity index (χ4n) is 4.94. The van der Waals surface area contributed by atoms with Crippen LogP contribution in [-0.2, 0) is 24.9 Å². The van der Waals surface area contributed by atoms with E-state index in [1.54, 1.807) is 36.1 Å². The molecule has 6 rings (SSSR count). The fourth-order valence-corrected chi connectivity index (χ4v) is 4.94.